The lowest BCUT2D eigenvalue weighted by Crippen LogP contribution is -2.40. The molecule has 1 heterocycles. The van der Waals surface area contributed by atoms with Crippen LogP contribution in [0, 0.1) is 17.2 Å². The van der Waals surface area contributed by atoms with Crippen molar-refractivity contribution < 1.29 is 9.21 Å². The summed E-state index contributed by atoms with van der Waals surface area (Å²) in [6, 6.07) is 3.24. The van der Waals surface area contributed by atoms with Crippen LogP contribution >= 0.6 is 11.6 Å². The number of nitriles is 1. The summed E-state index contributed by atoms with van der Waals surface area (Å²) in [6.45, 7) is 0. The average Bonchev–Trinajstić information content (AvgIpc) is 2.83. The maximum absolute atomic E-state index is 11.9. The van der Waals surface area contributed by atoms with Gasteiger partial charge in [-0.2, -0.15) is 5.26 Å². The number of nitrogens with one attached hydrogen (secondary N) is 1. The third-order valence-electron chi connectivity index (χ3n) is 3.41. The number of amides is 1. The molecule has 4 nitrogen and oxygen atoms in total. The van der Waals surface area contributed by atoms with Gasteiger partial charge in [0.1, 0.15) is 6.04 Å². The van der Waals surface area contributed by atoms with E-state index in [0.29, 0.717) is 0 Å². The fraction of sp³-hybridized carbons (Fsp3) is 0.538. The Morgan fingerprint density at radius 2 is 2.22 bits per heavy atom. The van der Waals surface area contributed by atoms with Crippen LogP contribution in [-0.2, 0) is 0 Å². The van der Waals surface area contributed by atoms with E-state index in [1.807, 2.05) is 0 Å². The molecule has 1 aliphatic rings. The van der Waals surface area contributed by atoms with Crippen LogP contribution in [0.2, 0.25) is 5.22 Å². The second-order valence-electron chi connectivity index (χ2n) is 4.59. The SMILES string of the molecule is N#CC(NC(=O)c1ccoc1Cl)C1CCCCC1. The maximum atomic E-state index is 11.9. The van der Waals surface area contributed by atoms with Crippen molar-refractivity contribution in [3.05, 3.63) is 23.1 Å². The van der Waals surface area contributed by atoms with Crippen molar-refractivity contribution in [2.45, 2.75) is 38.1 Å². The number of furan rings is 1. The Morgan fingerprint density at radius 3 is 2.78 bits per heavy atom. The van der Waals surface area contributed by atoms with Crippen LogP contribution < -0.4 is 5.32 Å². The van der Waals surface area contributed by atoms with Crippen molar-refractivity contribution in [3.63, 3.8) is 0 Å². The molecule has 1 N–H and O–H groups in total. The molecular formula is C13H15ClN2O2. The standard InChI is InChI=1S/C13H15ClN2O2/c14-12-10(6-7-18-12)13(17)16-11(8-15)9-4-2-1-3-5-9/h6-7,9,11H,1-5H2,(H,16,17). The van der Waals surface area contributed by atoms with E-state index < -0.39 is 6.04 Å². The van der Waals surface area contributed by atoms with Crippen molar-refractivity contribution in [1.82, 2.24) is 5.32 Å². The van der Waals surface area contributed by atoms with Gasteiger partial charge in [0.05, 0.1) is 17.9 Å². The highest BCUT2D eigenvalue weighted by Gasteiger charge is 2.26. The zero-order valence-electron chi connectivity index (χ0n) is 9.99. The van der Waals surface area contributed by atoms with E-state index in [0.717, 1.165) is 25.7 Å². The smallest absolute Gasteiger partial charge is 0.257 e. The normalized spacial score (nSPS) is 18.0. The maximum Gasteiger partial charge on any atom is 0.257 e. The fourth-order valence-corrected chi connectivity index (χ4v) is 2.60. The molecule has 1 aromatic rings. The van der Waals surface area contributed by atoms with E-state index in [1.165, 1.54) is 18.8 Å². The molecule has 1 unspecified atom stereocenters. The van der Waals surface area contributed by atoms with Gasteiger partial charge < -0.3 is 9.73 Å². The molecule has 5 heteroatoms. The summed E-state index contributed by atoms with van der Waals surface area (Å²) in [5.74, 6) is -0.0933. The van der Waals surface area contributed by atoms with E-state index in [-0.39, 0.29) is 22.6 Å². The molecule has 0 spiro atoms. The number of carbonyl (C=O) groups excluding carboxylic acids is 1. The summed E-state index contributed by atoms with van der Waals surface area (Å²) < 4.78 is 4.87. The topological polar surface area (TPSA) is 66.0 Å². The summed E-state index contributed by atoms with van der Waals surface area (Å²) in [5.41, 5.74) is 0.285. The van der Waals surface area contributed by atoms with Crippen LogP contribution in [0.3, 0.4) is 0 Å². The molecule has 1 aromatic heterocycles. The zero-order valence-corrected chi connectivity index (χ0v) is 10.7. The first-order valence-electron chi connectivity index (χ1n) is 6.16. The van der Waals surface area contributed by atoms with Crippen molar-refractivity contribution in [2.24, 2.45) is 5.92 Å². The molecule has 1 fully saturated rings. The second-order valence-corrected chi connectivity index (χ2v) is 4.93. The van der Waals surface area contributed by atoms with Gasteiger partial charge in [0.25, 0.3) is 5.91 Å². The summed E-state index contributed by atoms with van der Waals surface area (Å²) in [6.07, 6.45) is 6.83. The van der Waals surface area contributed by atoms with Gasteiger partial charge >= 0.3 is 0 Å². The van der Waals surface area contributed by atoms with Gasteiger partial charge in [-0.25, -0.2) is 0 Å². The highest BCUT2D eigenvalue weighted by molar-refractivity contribution is 6.32. The van der Waals surface area contributed by atoms with E-state index in [2.05, 4.69) is 11.4 Å². The van der Waals surface area contributed by atoms with E-state index in [4.69, 9.17) is 16.0 Å². The number of halogens is 1. The second kappa shape index (κ2) is 5.92. The van der Waals surface area contributed by atoms with Crippen LogP contribution in [0.4, 0.5) is 0 Å². The van der Waals surface area contributed by atoms with Crippen molar-refractivity contribution in [3.8, 4) is 6.07 Å². The van der Waals surface area contributed by atoms with Crippen LogP contribution in [-0.4, -0.2) is 11.9 Å². The van der Waals surface area contributed by atoms with Crippen LogP contribution in [0.1, 0.15) is 42.5 Å². The Kier molecular flexibility index (Phi) is 4.27. The minimum atomic E-state index is -0.441. The number of rotatable bonds is 3. The van der Waals surface area contributed by atoms with Crippen molar-refractivity contribution in [2.75, 3.05) is 0 Å². The van der Waals surface area contributed by atoms with Crippen LogP contribution in [0.5, 0.6) is 0 Å². The lowest BCUT2D eigenvalue weighted by Gasteiger charge is -2.26. The van der Waals surface area contributed by atoms with E-state index in [1.54, 1.807) is 0 Å². The molecule has 0 aliphatic heterocycles. The highest BCUT2D eigenvalue weighted by Crippen LogP contribution is 2.26. The molecule has 1 atom stereocenters. The highest BCUT2D eigenvalue weighted by atomic mass is 35.5. The summed E-state index contributed by atoms with van der Waals surface area (Å²) in [7, 11) is 0. The monoisotopic (exact) mass is 266 g/mol. The molecule has 1 saturated carbocycles. The Hall–Kier alpha value is -1.47. The first-order valence-corrected chi connectivity index (χ1v) is 6.53. The number of hydrogen-bond donors (Lipinski definition) is 1. The van der Waals surface area contributed by atoms with Gasteiger partial charge in [0.2, 0.25) is 5.22 Å². The predicted octanol–water partition coefficient (Wildman–Crippen LogP) is 3.14. The number of nitrogens with zero attached hydrogens (tertiary/aromatic N) is 1. The molecule has 0 radical (unpaired) electrons. The predicted molar refractivity (Wildman–Crippen MR) is 67.2 cm³/mol. The van der Waals surface area contributed by atoms with Crippen molar-refractivity contribution in [1.29, 1.82) is 5.26 Å². The summed E-state index contributed by atoms with van der Waals surface area (Å²) >= 11 is 5.74. The molecule has 1 aliphatic carbocycles. The number of carbonyl (C=O) groups is 1. The van der Waals surface area contributed by atoms with E-state index in [9.17, 15) is 10.1 Å². The molecule has 0 aromatic carbocycles. The van der Waals surface area contributed by atoms with Gasteiger partial charge in [-0.1, -0.05) is 19.3 Å². The summed E-state index contributed by atoms with van der Waals surface area (Å²) in [4.78, 5) is 11.9. The lowest BCUT2D eigenvalue weighted by atomic mass is 9.84. The molecule has 0 saturated heterocycles. The molecule has 96 valence electrons. The Balaban J connectivity index is 2.00. The van der Waals surface area contributed by atoms with E-state index >= 15 is 0 Å². The third-order valence-corrected chi connectivity index (χ3v) is 3.70. The average molecular weight is 267 g/mol. The van der Waals surface area contributed by atoms with Gasteiger partial charge in [-0.15, -0.1) is 0 Å². The van der Waals surface area contributed by atoms with Crippen molar-refractivity contribution >= 4 is 17.5 Å². The fourth-order valence-electron chi connectivity index (χ4n) is 2.40. The van der Waals surface area contributed by atoms with Crippen LogP contribution in [0.15, 0.2) is 16.7 Å². The summed E-state index contributed by atoms with van der Waals surface area (Å²) in [5, 5.41) is 12.0. The Bertz CT molecular complexity index is 458. The minimum absolute atomic E-state index is 0.0628. The van der Waals surface area contributed by atoms with Gasteiger partial charge in [0, 0.05) is 0 Å². The largest absolute Gasteiger partial charge is 0.452 e. The first-order chi connectivity index (χ1) is 8.72. The Labute approximate surface area is 111 Å². The minimum Gasteiger partial charge on any atom is -0.452 e. The first kappa shape index (κ1) is 13.0. The molecular weight excluding hydrogens is 252 g/mol. The third kappa shape index (κ3) is 2.85. The Morgan fingerprint density at radius 1 is 1.50 bits per heavy atom. The molecule has 18 heavy (non-hydrogen) atoms. The zero-order chi connectivity index (χ0) is 13.0. The van der Waals surface area contributed by atoms with Gasteiger partial charge in [-0.05, 0) is 36.4 Å². The van der Waals surface area contributed by atoms with Gasteiger partial charge in [0.15, 0.2) is 0 Å². The molecule has 2 rings (SSSR count). The lowest BCUT2D eigenvalue weighted by molar-refractivity contribution is 0.0928. The van der Waals surface area contributed by atoms with Gasteiger partial charge in [-0.3, -0.25) is 4.79 Å². The number of hydrogen-bond acceptors (Lipinski definition) is 3. The van der Waals surface area contributed by atoms with Crippen LogP contribution in [0.25, 0.3) is 0 Å². The molecule has 0 bridgehead atoms. The quantitative estimate of drug-likeness (QED) is 0.914. The molecule has 1 amide bonds.